The zero-order chi connectivity index (χ0) is 25.0. The molecule has 0 N–H and O–H groups in total. The number of nitrogens with zero attached hydrogens (tertiary/aromatic N) is 4. The van der Waals surface area contributed by atoms with E-state index in [9.17, 15) is 8.42 Å². The lowest BCUT2D eigenvalue weighted by molar-refractivity contribution is 0.0730. The molecule has 11 heteroatoms. The summed E-state index contributed by atoms with van der Waals surface area (Å²) in [5.74, 6) is 0. The van der Waals surface area contributed by atoms with Crippen LogP contribution in [0.25, 0.3) is 10.6 Å². The van der Waals surface area contributed by atoms with Crippen molar-refractivity contribution >= 4 is 56.4 Å². The summed E-state index contributed by atoms with van der Waals surface area (Å²) in [6.07, 6.45) is 3.88. The Morgan fingerprint density at radius 3 is 2.42 bits per heavy atom. The SMILES string of the molecule is CSc1ccc(C=Nn2c(-c3cccs3)csc2=Nc2ccc(S(=O)(=O)N3CCOCC3)cc2)cc1. The number of thioether (sulfide) groups is 1. The van der Waals surface area contributed by atoms with Crippen molar-refractivity contribution in [2.24, 2.45) is 10.1 Å². The molecule has 3 heterocycles. The van der Waals surface area contributed by atoms with Crippen molar-refractivity contribution in [1.82, 2.24) is 8.98 Å². The quantitative estimate of drug-likeness (QED) is 0.233. The van der Waals surface area contributed by atoms with Gasteiger partial charge in [0.2, 0.25) is 14.8 Å². The molecule has 36 heavy (non-hydrogen) atoms. The fraction of sp³-hybridized carbons (Fsp3) is 0.200. The molecule has 1 aliphatic heterocycles. The number of thiophene rings is 1. The molecule has 0 atom stereocenters. The summed E-state index contributed by atoms with van der Waals surface area (Å²) in [4.78, 5) is 8.03. The molecule has 2 aromatic carbocycles. The molecule has 0 amide bonds. The Morgan fingerprint density at radius 2 is 1.75 bits per heavy atom. The van der Waals surface area contributed by atoms with Gasteiger partial charge in [-0.25, -0.2) is 18.1 Å². The molecule has 0 spiro atoms. The van der Waals surface area contributed by atoms with Gasteiger partial charge >= 0.3 is 0 Å². The first-order chi connectivity index (χ1) is 17.5. The molecule has 2 aromatic heterocycles. The van der Waals surface area contributed by atoms with Crippen LogP contribution < -0.4 is 4.80 Å². The van der Waals surface area contributed by atoms with Gasteiger partial charge in [0.1, 0.15) is 0 Å². The second kappa shape index (κ2) is 11.2. The highest BCUT2D eigenvalue weighted by Gasteiger charge is 2.26. The average Bonchev–Trinajstić information content (AvgIpc) is 3.59. The third kappa shape index (κ3) is 5.56. The lowest BCUT2D eigenvalue weighted by Crippen LogP contribution is -2.40. The lowest BCUT2D eigenvalue weighted by Gasteiger charge is -2.26. The van der Waals surface area contributed by atoms with Crippen molar-refractivity contribution in [1.29, 1.82) is 0 Å². The van der Waals surface area contributed by atoms with E-state index < -0.39 is 10.0 Å². The number of ether oxygens (including phenoxy) is 1. The number of benzene rings is 2. The highest BCUT2D eigenvalue weighted by Crippen LogP contribution is 2.26. The Morgan fingerprint density at radius 1 is 1.00 bits per heavy atom. The third-order valence-electron chi connectivity index (χ3n) is 5.57. The van der Waals surface area contributed by atoms with Gasteiger partial charge < -0.3 is 4.74 Å². The van der Waals surface area contributed by atoms with Crippen LogP contribution in [0.4, 0.5) is 5.69 Å². The molecule has 4 aromatic rings. The minimum absolute atomic E-state index is 0.258. The van der Waals surface area contributed by atoms with E-state index in [0.29, 0.717) is 36.8 Å². The van der Waals surface area contributed by atoms with Crippen LogP contribution in [0.1, 0.15) is 5.56 Å². The van der Waals surface area contributed by atoms with Crippen LogP contribution >= 0.6 is 34.4 Å². The zero-order valence-corrected chi connectivity index (χ0v) is 22.7. The fourth-order valence-electron chi connectivity index (χ4n) is 3.64. The van der Waals surface area contributed by atoms with E-state index in [-0.39, 0.29) is 4.90 Å². The van der Waals surface area contributed by atoms with Crippen LogP contribution in [0.3, 0.4) is 0 Å². The van der Waals surface area contributed by atoms with Crippen molar-refractivity contribution in [2.75, 3.05) is 32.6 Å². The van der Waals surface area contributed by atoms with Gasteiger partial charge in [0.25, 0.3) is 0 Å². The number of rotatable bonds is 7. The molecule has 0 aliphatic carbocycles. The van der Waals surface area contributed by atoms with Crippen LogP contribution in [0.2, 0.25) is 0 Å². The minimum Gasteiger partial charge on any atom is -0.379 e. The van der Waals surface area contributed by atoms with Crippen LogP contribution in [0.15, 0.2) is 91.3 Å². The second-order valence-corrected chi connectivity index (χ2v) is 12.4. The van der Waals surface area contributed by atoms with E-state index >= 15 is 0 Å². The molecule has 186 valence electrons. The van der Waals surface area contributed by atoms with Gasteiger partial charge in [-0.2, -0.15) is 9.41 Å². The summed E-state index contributed by atoms with van der Waals surface area (Å²) < 4.78 is 34.4. The van der Waals surface area contributed by atoms with Crippen molar-refractivity contribution in [2.45, 2.75) is 9.79 Å². The maximum atomic E-state index is 12.9. The highest BCUT2D eigenvalue weighted by atomic mass is 32.2. The van der Waals surface area contributed by atoms with Gasteiger partial charge in [0.15, 0.2) is 0 Å². The summed E-state index contributed by atoms with van der Waals surface area (Å²) in [6, 6.07) is 19.0. The Hall–Kier alpha value is -2.54. The summed E-state index contributed by atoms with van der Waals surface area (Å²) in [5.41, 5.74) is 2.60. The molecule has 1 saturated heterocycles. The molecule has 1 aliphatic rings. The summed E-state index contributed by atoms with van der Waals surface area (Å²) in [6.45, 7) is 1.57. The fourth-order valence-corrected chi connectivity index (χ4v) is 7.10. The first-order valence-corrected chi connectivity index (χ1v) is 15.6. The monoisotopic (exact) mass is 556 g/mol. The smallest absolute Gasteiger partial charge is 0.243 e. The molecule has 0 bridgehead atoms. The van der Waals surface area contributed by atoms with Crippen LogP contribution in [-0.2, 0) is 14.8 Å². The van der Waals surface area contributed by atoms with Crippen molar-refractivity contribution in [3.05, 3.63) is 81.8 Å². The maximum Gasteiger partial charge on any atom is 0.243 e. The van der Waals surface area contributed by atoms with E-state index in [0.717, 1.165) is 16.1 Å². The normalized spacial score (nSPS) is 15.6. The van der Waals surface area contributed by atoms with Crippen molar-refractivity contribution in [3.8, 4) is 10.6 Å². The van der Waals surface area contributed by atoms with Gasteiger partial charge in [-0.1, -0.05) is 18.2 Å². The molecular weight excluding hydrogens is 533 g/mol. The Kier molecular flexibility index (Phi) is 7.85. The largest absolute Gasteiger partial charge is 0.379 e. The van der Waals surface area contributed by atoms with E-state index in [1.54, 1.807) is 47.4 Å². The van der Waals surface area contributed by atoms with Gasteiger partial charge in [0.05, 0.1) is 40.6 Å². The molecule has 7 nitrogen and oxygen atoms in total. The first kappa shape index (κ1) is 25.1. The Bertz CT molecular complexity index is 1500. The minimum atomic E-state index is -3.54. The van der Waals surface area contributed by atoms with E-state index in [2.05, 4.69) is 24.5 Å². The van der Waals surface area contributed by atoms with Crippen LogP contribution in [-0.4, -0.2) is 56.2 Å². The van der Waals surface area contributed by atoms with Gasteiger partial charge in [-0.15, -0.1) is 34.4 Å². The number of aromatic nitrogens is 1. The first-order valence-electron chi connectivity index (χ1n) is 11.2. The number of sulfonamides is 1. The molecule has 5 rings (SSSR count). The molecular formula is C25H24N4O3S4. The summed E-state index contributed by atoms with van der Waals surface area (Å²) in [5, 5.41) is 8.83. The molecule has 1 fully saturated rings. The number of thiazole rings is 1. The Balaban J connectivity index is 1.48. The number of morpholine rings is 1. The molecule has 0 unspecified atom stereocenters. The maximum absolute atomic E-state index is 12.9. The van der Waals surface area contributed by atoms with Crippen molar-refractivity contribution < 1.29 is 13.2 Å². The van der Waals surface area contributed by atoms with E-state index in [1.165, 1.54) is 20.5 Å². The second-order valence-electron chi connectivity index (χ2n) is 7.83. The highest BCUT2D eigenvalue weighted by molar-refractivity contribution is 7.98. The standard InChI is InChI=1S/C25H24N4O3S4/c1-33-21-8-4-19(5-9-21)17-26-29-23(24-3-2-16-34-24)18-35-25(29)27-20-6-10-22(11-7-20)36(30,31)28-12-14-32-15-13-28/h2-11,16-18H,12-15H2,1H3. The zero-order valence-electron chi connectivity index (χ0n) is 19.5. The van der Waals surface area contributed by atoms with Gasteiger partial charge in [-0.3, -0.25) is 0 Å². The summed E-state index contributed by atoms with van der Waals surface area (Å²) in [7, 11) is -3.54. The van der Waals surface area contributed by atoms with Crippen molar-refractivity contribution in [3.63, 3.8) is 0 Å². The third-order valence-corrected chi connectivity index (χ3v) is 9.93. The summed E-state index contributed by atoms with van der Waals surface area (Å²) >= 11 is 4.83. The Labute approximate surface area is 222 Å². The van der Waals surface area contributed by atoms with Gasteiger partial charge in [-0.05, 0) is 59.7 Å². The average molecular weight is 557 g/mol. The predicted molar refractivity (Wildman–Crippen MR) is 148 cm³/mol. The van der Waals surface area contributed by atoms with Crippen LogP contribution in [0, 0.1) is 0 Å². The van der Waals surface area contributed by atoms with E-state index in [1.807, 2.05) is 39.8 Å². The lowest BCUT2D eigenvalue weighted by atomic mass is 10.2. The topological polar surface area (TPSA) is 76.3 Å². The van der Waals surface area contributed by atoms with Crippen LogP contribution in [0.5, 0.6) is 0 Å². The number of hydrogen-bond donors (Lipinski definition) is 0. The number of hydrogen-bond acceptors (Lipinski definition) is 8. The predicted octanol–water partition coefficient (Wildman–Crippen LogP) is 5.14. The molecule has 0 saturated carbocycles. The molecule has 0 radical (unpaired) electrons. The van der Waals surface area contributed by atoms with Gasteiger partial charge in [0, 0.05) is 23.4 Å². The van der Waals surface area contributed by atoms with E-state index in [4.69, 9.17) is 14.8 Å².